The highest BCUT2D eigenvalue weighted by atomic mass is 32.1. The molecule has 6 nitrogen and oxygen atoms in total. The summed E-state index contributed by atoms with van der Waals surface area (Å²) in [4.78, 5) is 23.9. The fourth-order valence-electron chi connectivity index (χ4n) is 3.76. The van der Waals surface area contributed by atoms with E-state index in [2.05, 4.69) is 34.1 Å². The molecule has 1 atom stereocenters. The number of carbonyl (C=O) groups excluding carboxylic acids is 1. The maximum absolute atomic E-state index is 12.6. The van der Waals surface area contributed by atoms with E-state index in [4.69, 9.17) is 0 Å². The third-order valence-corrected chi connectivity index (χ3v) is 6.42. The molecule has 134 valence electrons. The number of amides is 1. The van der Waals surface area contributed by atoms with Crippen LogP contribution in [0.4, 0.5) is 5.13 Å². The van der Waals surface area contributed by atoms with E-state index in [1.54, 1.807) is 0 Å². The summed E-state index contributed by atoms with van der Waals surface area (Å²) in [5, 5.41) is 5.65. The molecule has 2 aliphatic heterocycles. The molecule has 0 radical (unpaired) electrons. The van der Waals surface area contributed by atoms with E-state index in [1.165, 1.54) is 37.5 Å². The van der Waals surface area contributed by atoms with Gasteiger partial charge >= 0.3 is 0 Å². The van der Waals surface area contributed by atoms with Gasteiger partial charge in [-0.15, -0.1) is 11.3 Å². The van der Waals surface area contributed by atoms with Gasteiger partial charge in [0.15, 0.2) is 5.13 Å². The maximum Gasteiger partial charge on any atom is 0.273 e. The molecule has 0 bridgehead atoms. The van der Waals surface area contributed by atoms with Gasteiger partial charge in [-0.25, -0.2) is 4.98 Å². The first kappa shape index (κ1) is 17.6. The highest BCUT2D eigenvalue weighted by molar-refractivity contribution is 7.13. The van der Waals surface area contributed by atoms with E-state index in [9.17, 15) is 4.79 Å². The number of aromatic nitrogens is 1. The first-order chi connectivity index (χ1) is 11.6. The minimum atomic E-state index is 0.0819. The largest absolute Gasteiger partial charge is 0.365 e. The summed E-state index contributed by atoms with van der Waals surface area (Å²) in [6, 6.07) is 0.617. The molecule has 0 aliphatic carbocycles. The van der Waals surface area contributed by atoms with Gasteiger partial charge in [0.25, 0.3) is 5.91 Å². The summed E-state index contributed by atoms with van der Waals surface area (Å²) < 4.78 is 0. The second-order valence-corrected chi connectivity index (χ2v) is 7.86. The molecular weight excluding hydrogens is 322 g/mol. The van der Waals surface area contributed by atoms with Gasteiger partial charge in [0, 0.05) is 57.7 Å². The van der Waals surface area contributed by atoms with E-state index in [1.807, 2.05) is 17.3 Å². The van der Waals surface area contributed by atoms with Crippen molar-refractivity contribution in [2.45, 2.75) is 25.8 Å². The number of thiazole rings is 1. The standard InChI is InChI=1S/C17H29N5OS/c1-13(21-10-8-20(3)9-11-21)14-4-6-22(7-5-14)16(23)15-12-24-17(18-2)19-15/h12-14H,4-11H2,1-3H3,(H,18,19)/t13-/m0/s1. The van der Waals surface area contributed by atoms with Gasteiger partial charge in [-0.05, 0) is 32.7 Å². The Balaban J connectivity index is 1.50. The number of carbonyl (C=O) groups is 1. The SMILES string of the molecule is CNc1nc(C(=O)N2CCC([C@H](C)N3CCN(C)CC3)CC2)cs1. The second-order valence-electron chi connectivity index (χ2n) is 7.00. The van der Waals surface area contributed by atoms with Crippen LogP contribution in [-0.2, 0) is 0 Å². The average Bonchev–Trinajstić information content (AvgIpc) is 3.10. The van der Waals surface area contributed by atoms with Crippen LogP contribution >= 0.6 is 11.3 Å². The maximum atomic E-state index is 12.6. The monoisotopic (exact) mass is 351 g/mol. The van der Waals surface area contributed by atoms with Crippen molar-refractivity contribution < 1.29 is 4.79 Å². The first-order valence-electron chi connectivity index (χ1n) is 8.93. The normalized spacial score (nSPS) is 22.5. The Morgan fingerprint density at radius 2 is 1.92 bits per heavy atom. The fraction of sp³-hybridized carbons (Fsp3) is 0.765. The van der Waals surface area contributed by atoms with Crippen molar-refractivity contribution in [3.8, 4) is 0 Å². The number of likely N-dealkylation sites (N-methyl/N-ethyl adjacent to an activating group) is 1. The first-order valence-corrected chi connectivity index (χ1v) is 9.81. The van der Waals surface area contributed by atoms with Crippen LogP contribution in [0, 0.1) is 5.92 Å². The van der Waals surface area contributed by atoms with Gasteiger partial charge < -0.3 is 15.1 Å². The summed E-state index contributed by atoms with van der Waals surface area (Å²) in [7, 11) is 4.03. The third-order valence-electron chi connectivity index (χ3n) is 5.56. The van der Waals surface area contributed by atoms with E-state index in [0.717, 1.165) is 31.1 Å². The van der Waals surface area contributed by atoms with Gasteiger partial charge in [-0.3, -0.25) is 9.69 Å². The number of anilines is 1. The van der Waals surface area contributed by atoms with Crippen molar-refractivity contribution >= 4 is 22.4 Å². The predicted octanol–water partition coefficient (Wildman–Crippen LogP) is 1.67. The van der Waals surface area contributed by atoms with Crippen molar-refractivity contribution in [1.82, 2.24) is 19.7 Å². The molecule has 24 heavy (non-hydrogen) atoms. The lowest BCUT2D eigenvalue weighted by atomic mass is 9.89. The predicted molar refractivity (Wildman–Crippen MR) is 98.8 cm³/mol. The molecule has 1 amide bonds. The molecule has 2 fully saturated rings. The van der Waals surface area contributed by atoms with E-state index in [-0.39, 0.29) is 5.91 Å². The Bertz CT molecular complexity index is 547. The van der Waals surface area contributed by atoms with Gasteiger partial charge in [0.2, 0.25) is 0 Å². The summed E-state index contributed by atoms with van der Waals surface area (Å²) >= 11 is 1.49. The van der Waals surface area contributed by atoms with Crippen molar-refractivity contribution in [2.75, 3.05) is 58.7 Å². The molecule has 2 saturated heterocycles. The van der Waals surface area contributed by atoms with E-state index >= 15 is 0 Å². The molecule has 0 saturated carbocycles. The Kier molecular flexibility index (Phi) is 5.73. The number of piperazine rings is 1. The van der Waals surface area contributed by atoms with Crippen LogP contribution < -0.4 is 5.32 Å². The molecule has 7 heteroatoms. The summed E-state index contributed by atoms with van der Waals surface area (Å²) in [6.45, 7) is 8.75. The van der Waals surface area contributed by atoms with Gasteiger partial charge in [-0.1, -0.05) is 0 Å². The number of nitrogens with zero attached hydrogens (tertiary/aromatic N) is 4. The lowest BCUT2D eigenvalue weighted by Gasteiger charge is -2.42. The van der Waals surface area contributed by atoms with Crippen molar-refractivity contribution in [3.63, 3.8) is 0 Å². The molecular formula is C17H29N5OS. The number of piperidine rings is 1. The Hall–Kier alpha value is -1.18. The minimum absolute atomic E-state index is 0.0819. The van der Waals surface area contributed by atoms with E-state index in [0.29, 0.717) is 17.7 Å². The van der Waals surface area contributed by atoms with Crippen LogP contribution in [-0.4, -0.2) is 85.0 Å². The highest BCUT2D eigenvalue weighted by Gasteiger charge is 2.31. The quantitative estimate of drug-likeness (QED) is 0.894. The lowest BCUT2D eigenvalue weighted by molar-refractivity contribution is 0.0497. The van der Waals surface area contributed by atoms with Gasteiger partial charge in [0.05, 0.1) is 0 Å². The van der Waals surface area contributed by atoms with Crippen molar-refractivity contribution in [1.29, 1.82) is 0 Å². The van der Waals surface area contributed by atoms with Crippen LogP contribution in [0.3, 0.4) is 0 Å². The Labute approximate surface area is 148 Å². The zero-order valence-corrected chi connectivity index (χ0v) is 15.8. The fourth-order valence-corrected chi connectivity index (χ4v) is 4.41. The molecule has 3 rings (SSSR count). The molecule has 0 unspecified atom stereocenters. The molecule has 2 aliphatic rings. The van der Waals surface area contributed by atoms with Crippen LogP contribution in [0.1, 0.15) is 30.3 Å². The van der Waals surface area contributed by atoms with Crippen molar-refractivity contribution in [3.05, 3.63) is 11.1 Å². The molecule has 0 spiro atoms. The number of nitrogens with one attached hydrogen (secondary N) is 1. The molecule has 0 aromatic carbocycles. The third kappa shape index (κ3) is 3.90. The molecule has 1 aromatic rings. The minimum Gasteiger partial charge on any atom is -0.365 e. The van der Waals surface area contributed by atoms with Crippen LogP contribution in [0.2, 0.25) is 0 Å². The number of hydrogen-bond acceptors (Lipinski definition) is 6. The molecule has 1 aromatic heterocycles. The zero-order valence-electron chi connectivity index (χ0n) is 15.0. The van der Waals surface area contributed by atoms with Crippen LogP contribution in [0.5, 0.6) is 0 Å². The summed E-state index contributed by atoms with van der Waals surface area (Å²) in [5.41, 5.74) is 0.579. The highest BCUT2D eigenvalue weighted by Crippen LogP contribution is 2.26. The Morgan fingerprint density at radius 3 is 2.50 bits per heavy atom. The van der Waals surface area contributed by atoms with E-state index < -0.39 is 0 Å². The molecule has 1 N–H and O–H groups in total. The van der Waals surface area contributed by atoms with Gasteiger partial charge in [-0.2, -0.15) is 0 Å². The number of hydrogen-bond donors (Lipinski definition) is 1. The average molecular weight is 352 g/mol. The number of likely N-dealkylation sites (tertiary alicyclic amines) is 1. The summed E-state index contributed by atoms with van der Waals surface area (Å²) in [5.74, 6) is 0.777. The second kappa shape index (κ2) is 7.80. The smallest absolute Gasteiger partial charge is 0.273 e. The topological polar surface area (TPSA) is 51.7 Å². The Morgan fingerprint density at radius 1 is 1.25 bits per heavy atom. The lowest BCUT2D eigenvalue weighted by Crippen LogP contribution is -2.52. The van der Waals surface area contributed by atoms with Gasteiger partial charge in [0.1, 0.15) is 5.69 Å². The van der Waals surface area contributed by atoms with Crippen LogP contribution in [0.15, 0.2) is 5.38 Å². The van der Waals surface area contributed by atoms with Crippen LogP contribution in [0.25, 0.3) is 0 Å². The number of rotatable bonds is 4. The molecule has 3 heterocycles. The zero-order chi connectivity index (χ0) is 17.1. The van der Waals surface area contributed by atoms with Crippen molar-refractivity contribution in [2.24, 2.45) is 5.92 Å². The summed E-state index contributed by atoms with van der Waals surface area (Å²) in [6.07, 6.45) is 2.20.